The third kappa shape index (κ3) is 6.57. The minimum atomic E-state index is 0.0306. The van der Waals surface area contributed by atoms with Crippen LogP contribution < -0.4 is 5.32 Å². The van der Waals surface area contributed by atoms with Gasteiger partial charge in [-0.15, -0.1) is 0 Å². The number of nitrogens with one attached hydrogen (secondary N) is 1. The van der Waals surface area contributed by atoms with Crippen molar-refractivity contribution < 1.29 is 4.79 Å². The van der Waals surface area contributed by atoms with Crippen LogP contribution in [0.4, 0.5) is 4.79 Å². The minimum absolute atomic E-state index is 0.0306. The number of aromatic nitrogens is 1. The molecule has 23 heavy (non-hydrogen) atoms. The van der Waals surface area contributed by atoms with E-state index in [1.54, 1.807) is 6.20 Å². The van der Waals surface area contributed by atoms with E-state index in [1.807, 2.05) is 37.2 Å². The number of urea groups is 1. The van der Waals surface area contributed by atoms with Crippen LogP contribution in [0.3, 0.4) is 0 Å². The fourth-order valence-electron chi connectivity index (χ4n) is 3.06. The molecule has 5 heteroatoms. The van der Waals surface area contributed by atoms with Crippen molar-refractivity contribution in [3.8, 4) is 0 Å². The highest BCUT2D eigenvalue weighted by Crippen LogP contribution is 2.24. The van der Waals surface area contributed by atoms with E-state index in [4.69, 9.17) is 0 Å². The Bertz CT molecular complexity index is 457. The van der Waals surface area contributed by atoms with Crippen LogP contribution in [0.15, 0.2) is 24.4 Å². The molecule has 1 aromatic rings. The van der Waals surface area contributed by atoms with Gasteiger partial charge in [-0.25, -0.2) is 4.79 Å². The largest absolute Gasteiger partial charge is 0.332 e. The van der Waals surface area contributed by atoms with Gasteiger partial charge in [0.05, 0.1) is 12.2 Å². The lowest BCUT2D eigenvalue weighted by Crippen LogP contribution is -2.45. The third-order valence-corrected chi connectivity index (χ3v) is 4.45. The van der Waals surface area contributed by atoms with Crippen LogP contribution in [0.1, 0.15) is 37.8 Å². The van der Waals surface area contributed by atoms with E-state index in [2.05, 4.69) is 15.2 Å². The molecule has 128 valence electrons. The molecule has 0 unspecified atom stereocenters. The first-order valence-corrected chi connectivity index (χ1v) is 8.72. The second kappa shape index (κ2) is 9.50. The summed E-state index contributed by atoms with van der Waals surface area (Å²) < 4.78 is 0. The van der Waals surface area contributed by atoms with Crippen molar-refractivity contribution in [3.63, 3.8) is 0 Å². The van der Waals surface area contributed by atoms with Crippen LogP contribution in [-0.2, 0) is 6.54 Å². The van der Waals surface area contributed by atoms with Crippen LogP contribution in [0, 0.1) is 5.92 Å². The molecule has 0 radical (unpaired) electrons. The average Bonchev–Trinajstić information content (AvgIpc) is 2.58. The van der Waals surface area contributed by atoms with E-state index in [0.717, 1.165) is 25.3 Å². The maximum atomic E-state index is 12.6. The van der Waals surface area contributed by atoms with Crippen LogP contribution in [-0.4, -0.2) is 54.5 Å². The molecular weight excluding hydrogens is 288 g/mol. The van der Waals surface area contributed by atoms with Gasteiger partial charge in [0.15, 0.2) is 0 Å². The highest BCUT2D eigenvalue weighted by molar-refractivity contribution is 5.74. The summed E-state index contributed by atoms with van der Waals surface area (Å²) in [6.45, 7) is 3.03. The summed E-state index contributed by atoms with van der Waals surface area (Å²) in [6.07, 6.45) is 8.23. The standard InChI is InChI=1S/C18H30N4O/c1-21(2)12-13-22(15-16-8-4-3-5-9-16)18(23)20-14-17-10-6-7-11-19-17/h6-7,10-11,16H,3-5,8-9,12-15H2,1-2H3,(H,20,23). The van der Waals surface area contributed by atoms with E-state index < -0.39 is 0 Å². The zero-order valence-corrected chi connectivity index (χ0v) is 14.5. The number of carbonyl (C=O) groups is 1. The van der Waals surface area contributed by atoms with Crippen LogP contribution in [0.5, 0.6) is 0 Å². The fraction of sp³-hybridized carbons (Fsp3) is 0.667. The SMILES string of the molecule is CN(C)CCN(CC1CCCCC1)C(=O)NCc1ccccn1. The Labute approximate surface area is 140 Å². The Morgan fingerprint density at radius 1 is 1.22 bits per heavy atom. The molecule has 1 fully saturated rings. The number of hydrogen-bond donors (Lipinski definition) is 1. The van der Waals surface area contributed by atoms with Gasteiger partial charge in [-0.1, -0.05) is 25.3 Å². The van der Waals surface area contributed by atoms with Gasteiger partial charge in [-0.2, -0.15) is 0 Å². The first kappa shape index (κ1) is 17.7. The monoisotopic (exact) mass is 318 g/mol. The molecule has 1 heterocycles. The Balaban J connectivity index is 1.87. The maximum absolute atomic E-state index is 12.6. The first-order valence-electron chi connectivity index (χ1n) is 8.72. The molecule has 5 nitrogen and oxygen atoms in total. The summed E-state index contributed by atoms with van der Waals surface area (Å²) in [5.41, 5.74) is 0.895. The highest BCUT2D eigenvalue weighted by Gasteiger charge is 2.20. The van der Waals surface area contributed by atoms with Gasteiger partial charge in [-0.3, -0.25) is 4.98 Å². The molecule has 1 aliphatic rings. The number of hydrogen-bond acceptors (Lipinski definition) is 3. The Kier molecular flexibility index (Phi) is 7.33. The number of pyridine rings is 1. The second-order valence-corrected chi connectivity index (χ2v) is 6.73. The smallest absolute Gasteiger partial charge is 0.317 e. The van der Waals surface area contributed by atoms with Gasteiger partial charge in [0, 0.05) is 25.8 Å². The molecule has 1 N–H and O–H groups in total. The van der Waals surface area contributed by atoms with Crippen molar-refractivity contribution in [2.24, 2.45) is 5.92 Å². The number of nitrogens with zero attached hydrogens (tertiary/aromatic N) is 3. The Hall–Kier alpha value is -1.62. The predicted molar refractivity (Wildman–Crippen MR) is 93.2 cm³/mol. The van der Waals surface area contributed by atoms with Crippen LogP contribution in [0.25, 0.3) is 0 Å². The molecule has 0 spiro atoms. The average molecular weight is 318 g/mol. The van der Waals surface area contributed by atoms with E-state index in [0.29, 0.717) is 12.5 Å². The summed E-state index contributed by atoms with van der Waals surface area (Å²) in [5, 5.41) is 3.02. The zero-order valence-electron chi connectivity index (χ0n) is 14.5. The van der Waals surface area contributed by atoms with Crippen molar-refractivity contribution in [1.29, 1.82) is 0 Å². The van der Waals surface area contributed by atoms with Gasteiger partial charge in [0.1, 0.15) is 0 Å². The van der Waals surface area contributed by atoms with Crippen molar-refractivity contribution in [1.82, 2.24) is 20.1 Å². The molecular formula is C18H30N4O. The molecule has 0 atom stereocenters. The fourth-order valence-corrected chi connectivity index (χ4v) is 3.06. The van der Waals surface area contributed by atoms with Crippen molar-refractivity contribution >= 4 is 6.03 Å². The highest BCUT2D eigenvalue weighted by atomic mass is 16.2. The first-order chi connectivity index (χ1) is 11.1. The van der Waals surface area contributed by atoms with E-state index in [-0.39, 0.29) is 6.03 Å². The lowest BCUT2D eigenvalue weighted by Gasteiger charge is -2.30. The van der Waals surface area contributed by atoms with Gasteiger partial charge in [-0.05, 0) is 45.0 Å². The Morgan fingerprint density at radius 3 is 2.65 bits per heavy atom. The zero-order chi connectivity index (χ0) is 16.5. The molecule has 0 aliphatic heterocycles. The van der Waals surface area contributed by atoms with Gasteiger partial charge in [0.2, 0.25) is 0 Å². The van der Waals surface area contributed by atoms with Crippen molar-refractivity contribution in [2.75, 3.05) is 33.7 Å². The summed E-state index contributed by atoms with van der Waals surface area (Å²) in [4.78, 5) is 20.9. The molecule has 0 aromatic carbocycles. The minimum Gasteiger partial charge on any atom is -0.332 e. The van der Waals surface area contributed by atoms with Crippen LogP contribution >= 0.6 is 0 Å². The summed E-state index contributed by atoms with van der Waals surface area (Å²) in [7, 11) is 4.09. The van der Waals surface area contributed by atoms with Crippen molar-refractivity contribution in [3.05, 3.63) is 30.1 Å². The molecule has 0 saturated heterocycles. The number of rotatable bonds is 7. The predicted octanol–water partition coefficient (Wildman–Crippen LogP) is 2.74. The quantitative estimate of drug-likeness (QED) is 0.841. The van der Waals surface area contributed by atoms with E-state index in [9.17, 15) is 4.79 Å². The lowest BCUT2D eigenvalue weighted by atomic mass is 9.89. The number of likely N-dealkylation sites (N-methyl/N-ethyl adjacent to an activating group) is 1. The number of amides is 2. The Morgan fingerprint density at radius 2 is 2.00 bits per heavy atom. The van der Waals surface area contributed by atoms with Crippen molar-refractivity contribution in [2.45, 2.75) is 38.6 Å². The normalized spacial score (nSPS) is 15.6. The molecule has 1 aromatic heterocycles. The molecule has 2 amide bonds. The second-order valence-electron chi connectivity index (χ2n) is 6.73. The van der Waals surface area contributed by atoms with Gasteiger partial charge >= 0.3 is 6.03 Å². The maximum Gasteiger partial charge on any atom is 0.317 e. The molecule has 1 saturated carbocycles. The van der Waals surface area contributed by atoms with Gasteiger partial charge < -0.3 is 15.1 Å². The molecule has 2 rings (SSSR count). The number of carbonyl (C=O) groups excluding carboxylic acids is 1. The topological polar surface area (TPSA) is 48.5 Å². The van der Waals surface area contributed by atoms with E-state index >= 15 is 0 Å². The summed E-state index contributed by atoms with van der Waals surface area (Å²) in [5.74, 6) is 0.659. The van der Waals surface area contributed by atoms with Gasteiger partial charge in [0.25, 0.3) is 0 Å². The lowest BCUT2D eigenvalue weighted by molar-refractivity contribution is 0.171. The molecule has 0 bridgehead atoms. The summed E-state index contributed by atoms with van der Waals surface area (Å²) in [6, 6.07) is 5.80. The molecule has 1 aliphatic carbocycles. The van der Waals surface area contributed by atoms with E-state index in [1.165, 1.54) is 32.1 Å². The summed E-state index contributed by atoms with van der Waals surface area (Å²) >= 11 is 0. The third-order valence-electron chi connectivity index (χ3n) is 4.45. The van der Waals surface area contributed by atoms with Crippen LogP contribution in [0.2, 0.25) is 0 Å².